The lowest BCUT2D eigenvalue weighted by atomic mass is 9.91. The Morgan fingerprint density at radius 1 is 1.31 bits per heavy atom. The summed E-state index contributed by atoms with van der Waals surface area (Å²) >= 11 is 0. The number of esters is 1. The minimum absolute atomic E-state index is 0.0226. The van der Waals surface area contributed by atoms with Gasteiger partial charge in [-0.25, -0.2) is 4.79 Å². The van der Waals surface area contributed by atoms with Gasteiger partial charge in [-0.15, -0.1) is 0 Å². The fraction of sp³-hybridized carbons (Fsp3) is 0.500. The van der Waals surface area contributed by atoms with Gasteiger partial charge in [0.25, 0.3) is 5.91 Å². The minimum atomic E-state index is -1.36. The highest BCUT2D eigenvalue weighted by molar-refractivity contribution is 6.05. The van der Waals surface area contributed by atoms with Crippen LogP contribution in [0.25, 0.3) is 0 Å². The van der Waals surface area contributed by atoms with Crippen LogP contribution >= 0.6 is 0 Å². The number of hydrogen-bond donors (Lipinski definition) is 0. The number of carbonyl (C=O) groups excluding carboxylic acids is 2. The van der Waals surface area contributed by atoms with Gasteiger partial charge in [0.1, 0.15) is 18.6 Å². The van der Waals surface area contributed by atoms with Crippen LogP contribution in [-0.4, -0.2) is 42.3 Å². The van der Waals surface area contributed by atoms with Crippen LogP contribution in [0.2, 0.25) is 0 Å². The SMILES string of the molecule is COC(=O)[C@]12CO[C@H](C(C)(C)C)N1C(=O)C(C)=C2OCc1ccccc1. The van der Waals surface area contributed by atoms with Crippen molar-refractivity contribution in [1.29, 1.82) is 0 Å². The van der Waals surface area contributed by atoms with Crippen LogP contribution in [-0.2, 0) is 30.4 Å². The molecule has 2 atom stereocenters. The maximum atomic E-state index is 13.0. The lowest BCUT2D eigenvalue weighted by molar-refractivity contribution is -0.158. The Balaban J connectivity index is 1.99. The molecule has 0 aliphatic carbocycles. The summed E-state index contributed by atoms with van der Waals surface area (Å²) in [6.07, 6.45) is -0.540. The molecule has 1 saturated heterocycles. The molecule has 1 aromatic rings. The van der Waals surface area contributed by atoms with Crippen molar-refractivity contribution in [3.05, 3.63) is 47.2 Å². The first kappa shape index (κ1) is 18.5. The van der Waals surface area contributed by atoms with Crippen molar-refractivity contribution in [1.82, 2.24) is 4.90 Å². The second-order valence-electron chi connectivity index (χ2n) is 7.78. The van der Waals surface area contributed by atoms with E-state index >= 15 is 0 Å². The second kappa shape index (κ2) is 6.43. The molecule has 1 fully saturated rings. The molecule has 0 saturated carbocycles. The highest BCUT2D eigenvalue weighted by Gasteiger charge is 2.66. The van der Waals surface area contributed by atoms with E-state index in [2.05, 4.69) is 0 Å². The van der Waals surface area contributed by atoms with Gasteiger partial charge in [0.05, 0.1) is 19.3 Å². The average Bonchev–Trinajstić information content (AvgIpc) is 3.10. The van der Waals surface area contributed by atoms with E-state index in [4.69, 9.17) is 14.2 Å². The van der Waals surface area contributed by atoms with E-state index in [1.54, 1.807) is 6.92 Å². The molecule has 0 spiro atoms. The molecule has 26 heavy (non-hydrogen) atoms. The van der Waals surface area contributed by atoms with Crippen LogP contribution in [0.1, 0.15) is 33.3 Å². The lowest BCUT2D eigenvalue weighted by Gasteiger charge is -2.37. The van der Waals surface area contributed by atoms with Crippen LogP contribution in [0.5, 0.6) is 0 Å². The normalized spacial score (nSPS) is 25.5. The quantitative estimate of drug-likeness (QED) is 0.773. The number of rotatable bonds is 4. The van der Waals surface area contributed by atoms with Gasteiger partial charge in [-0.05, 0) is 12.5 Å². The van der Waals surface area contributed by atoms with Crippen LogP contribution in [0.3, 0.4) is 0 Å². The summed E-state index contributed by atoms with van der Waals surface area (Å²) in [4.78, 5) is 27.3. The third-order valence-corrected chi connectivity index (χ3v) is 4.84. The molecule has 2 aliphatic heterocycles. The molecule has 0 N–H and O–H groups in total. The summed E-state index contributed by atoms with van der Waals surface area (Å²) in [5.41, 5.74) is -0.350. The number of methoxy groups -OCH3 is 1. The van der Waals surface area contributed by atoms with Crippen molar-refractivity contribution in [2.24, 2.45) is 5.41 Å². The first-order valence-electron chi connectivity index (χ1n) is 8.65. The fourth-order valence-electron chi connectivity index (χ4n) is 3.60. The van der Waals surface area contributed by atoms with Crippen molar-refractivity contribution in [2.45, 2.75) is 46.1 Å². The lowest BCUT2D eigenvalue weighted by Crippen LogP contribution is -2.57. The first-order chi connectivity index (χ1) is 12.2. The number of hydrogen-bond acceptors (Lipinski definition) is 5. The van der Waals surface area contributed by atoms with Crippen molar-refractivity contribution < 1.29 is 23.8 Å². The third-order valence-electron chi connectivity index (χ3n) is 4.84. The summed E-state index contributed by atoms with van der Waals surface area (Å²) in [6, 6.07) is 9.60. The van der Waals surface area contributed by atoms with Crippen LogP contribution in [0.15, 0.2) is 41.7 Å². The molecule has 140 valence electrons. The van der Waals surface area contributed by atoms with E-state index in [0.717, 1.165) is 5.56 Å². The molecule has 1 aromatic carbocycles. The highest BCUT2D eigenvalue weighted by Crippen LogP contribution is 2.47. The van der Waals surface area contributed by atoms with E-state index in [-0.39, 0.29) is 24.5 Å². The predicted octanol–water partition coefficient (Wildman–Crippen LogP) is 2.63. The van der Waals surface area contributed by atoms with Gasteiger partial charge in [-0.3, -0.25) is 9.69 Å². The van der Waals surface area contributed by atoms with Gasteiger partial charge in [0.15, 0.2) is 0 Å². The second-order valence-corrected chi connectivity index (χ2v) is 7.78. The monoisotopic (exact) mass is 359 g/mol. The first-order valence-corrected chi connectivity index (χ1v) is 8.65. The summed E-state index contributed by atoms with van der Waals surface area (Å²) in [5.74, 6) is -0.474. The fourth-order valence-corrected chi connectivity index (χ4v) is 3.60. The van der Waals surface area contributed by atoms with Gasteiger partial charge >= 0.3 is 5.97 Å². The standard InChI is InChI=1S/C20H25NO5/c1-13-15(25-11-14-9-7-6-8-10-14)20(18(23)24-5)12-26-17(19(2,3)4)21(20)16(13)22/h6-10,17H,11-12H2,1-5H3/t17-,20-/m1/s1. The zero-order chi connectivity index (χ0) is 19.1. The molecular formula is C20H25NO5. The van der Waals surface area contributed by atoms with E-state index < -0.39 is 17.7 Å². The zero-order valence-corrected chi connectivity index (χ0v) is 15.9. The van der Waals surface area contributed by atoms with Crippen LogP contribution in [0.4, 0.5) is 0 Å². The van der Waals surface area contributed by atoms with E-state index in [1.165, 1.54) is 12.0 Å². The topological polar surface area (TPSA) is 65.1 Å². The number of benzene rings is 1. The third kappa shape index (κ3) is 2.69. The average molecular weight is 359 g/mol. The molecule has 6 heteroatoms. The van der Waals surface area contributed by atoms with E-state index in [1.807, 2.05) is 51.1 Å². The maximum Gasteiger partial charge on any atom is 0.342 e. The van der Waals surface area contributed by atoms with Gasteiger partial charge in [0, 0.05) is 5.41 Å². The number of fused-ring (bicyclic) bond motifs is 1. The molecule has 3 rings (SSSR count). The van der Waals surface area contributed by atoms with Crippen LogP contribution in [0, 0.1) is 5.41 Å². The molecule has 0 radical (unpaired) electrons. The maximum absolute atomic E-state index is 13.0. The predicted molar refractivity (Wildman–Crippen MR) is 94.7 cm³/mol. The summed E-state index contributed by atoms with van der Waals surface area (Å²) in [5, 5.41) is 0. The number of carbonyl (C=O) groups is 2. The molecule has 6 nitrogen and oxygen atoms in total. The Bertz CT molecular complexity index is 749. The van der Waals surface area contributed by atoms with Crippen molar-refractivity contribution >= 4 is 11.9 Å². The molecule has 2 heterocycles. The molecule has 2 aliphatic rings. The van der Waals surface area contributed by atoms with Gasteiger partial charge in [-0.1, -0.05) is 51.1 Å². The Morgan fingerprint density at radius 2 is 1.96 bits per heavy atom. The number of ether oxygens (including phenoxy) is 3. The smallest absolute Gasteiger partial charge is 0.342 e. The van der Waals surface area contributed by atoms with Crippen LogP contribution < -0.4 is 0 Å². The highest BCUT2D eigenvalue weighted by atomic mass is 16.6. The summed E-state index contributed by atoms with van der Waals surface area (Å²) < 4.78 is 17.0. The summed E-state index contributed by atoms with van der Waals surface area (Å²) in [7, 11) is 1.31. The number of amides is 1. The van der Waals surface area contributed by atoms with Crippen molar-refractivity contribution in [2.75, 3.05) is 13.7 Å². The Labute approximate surface area is 153 Å². The number of nitrogens with zero attached hydrogens (tertiary/aromatic N) is 1. The zero-order valence-electron chi connectivity index (χ0n) is 15.9. The van der Waals surface area contributed by atoms with Gasteiger partial charge < -0.3 is 14.2 Å². The molecule has 0 bridgehead atoms. The molecule has 1 amide bonds. The molecular weight excluding hydrogens is 334 g/mol. The van der Waals surface area contributed by atoms with E-state index in [9.17, 15) is 9.59 Å². The molecule has 0 aromatic heterocycles. The van der Waals surface area contributed by atoms with Gasteiger partial charge in [-0.2, -0.15) is 0 Å². The van der Waals surface area contributed by atoms with Gasteiger partial charge in [0.2, 0.25) is 5.54 Å². The Kier molecular flexibility index (Phi) is 4.56. The largest absolute Gasteiger partial charge is 0.489 e. The molecule has 0 unspecified atom stereocenters. The van der Waals surface area contributed by atoms with Crippen molar-refractivity contribution in [3.8, 4) is 0 Å². The van der Waals surface area contributed by atoms with Crippen molar-refractivity contribution in [3.63, 3.8) is 0 Å². The Morgan fingerprint density at radius 3 is 2.54 bits per heavy atom. The van der Waals surface area contributed by atoms with E-state index in [0.29, 0.717) is 11.3 Å². The Hall–Kier alpha value is -2.34. The minimum Gasteiger partial charge on any atom is -0.489 e. The summed E-state index contributed by atoms with van der Waals surface area (Å²) in [6.45, 7) is 7.87.